The van der Waals surface area contributed by atoms with E-state index in [0.29, 0.717) is 0 Å². The largest absolute Gasteiger partial charge is 0.470 e. The highest BCUT2D eigenvalue weighted by Crippen LogP contribution is 2.39. The number of alkyl halides is 1. The second kappa shape index (κ2) is 5.12. The zero-order valence-corrected chi connectivity index (χ0v) is 11.3. The minimum atomic E-state index is -1.22. The zero-order chi connectivity index (χ0) is 14.1. The summed E-state index contributed by atoms with van der Waals surface area (Å²) >= 11 is 6.18. The average Bonchev–Trinajstić information content (AvgIpc) is 2.42. The number of hydrogen-bond donors (Lipinski definition) is 1. The van der Waals surface area contributed by atoms with Crippen LogP contribution in [0.25, 0.3) is 0 Å². The number of carbonyl (C=O) groups excluding carboxylic acids is 2. The third-order valence-electron chi connectivity index (χ3n) is 2.67. The summed E-state index contributed by atoms with van der Waals surface area (Å²) in [5, 5.41) is 9.82. The minimum absolute atomic E-state index is 0.0972. The van der Waals surface area contributed by atoms with E-state index < -0.39 is 17.2 Å². The van der Waals surface area contributed by atoms with Crippen LogP contribution in [0.1, 0.15) is 20.8 Å². The quantitative estimate of drug-likeness (QED) is 0.619. The molecule has 0 bridgehead atoms. The Morgan fingerprint density at radius 1 is 1.56 bits per heavy atom. The Bertz CT molecular complexity index is 416. The fraction of sp³-hybridized carbons (Fsp3) is 0.500. The first kappa shape index (κ1) is 14.7. The number of rotatable bonds is 3. The van der Waals surface area contributed by atoms with Gasteiger partial charge in [-0.15, -0.1) is 11.6 Å². The van der Waals surface area contributed by atoms with Crippen LogP contribution in [-0.4, -0.2) is 38.9 Å². The number of aliphatic hydroxyl groups is 1. The van der Waals surface area contributed by atoms with Crippen LogP contribution >= 0.6 is 11.6 Å². The summed E-state index contributed by atoms with van der Waals surface area (Å²) in [6.07, 6.45) is 0.526. The van der Waals surface area contributed by atoms with Gasteiger partial charge < -0.3 is 9.84 Å². The molecule has 0 aromatic rings. The van der Waals surface area contributed by atoms with Crippen molar-refractivity contribution >= 4 is 23.3 Å². The lowest BCUT2D eigenvalue weighted by molar-refractivity contribution is -0.134. The van der Waals surface area contributed by atoms with Crippen LogP contribution in [0.4, 0.5) is 0 Å². The van der Waals surface area contributed by atoms with Crippen molar-refractivity contribution < 1.29 is 19.4 Å². The molecule has 0 unspecified atom stereocenters. The summed E-state index contributed by atoms with van der Waals surface area (Å²) in [6.45, 7) is 7.75. The van der Waals surface area contributed by atoms with Crippen LogP contribution in [0.3, 0.4) is 0 Å². The van der Waals surface area contributed by atoms with Crippen LogP contribution in [0.5, 0.6) is 0 Å². The topological polar surface area (TPSA) is 66.8 Å². The maximum atomic E-state index is 11.6. The summed E-state index contributed by atoms with van der Waals surface area (Å²) in [5.41, 5.74) is 0. The molecule has 0 spiro atoms. The van der Waals surface area contributed by atoms with Crippen LogP contribution in [0, 0.1) is 0 Å². The van der Waals surface area contributed by atoms with E-state index in [9.17, 15) is 14.7 Å². The molecule has 1 aliphatic heterocycles. The lowest BCUT2D eigenvalue weighted by Gasteiger charge is -2.31. The molecule has 0 saturated carbocycles. The third-order valence-corrected chi connectivity index (χ3v) is 3.06. The third kappa shape index (κ3) is 2.73. The molecule has 0 aromatic heterocycles. The van der Waals surface area contributed by atoms with Gasteiger partial charge in [-0.05, 0) is 19.9 Å². The van der Waals surface area contributed by atoms with Gasteiger partial charge in [-0.3, -0.25) is 14.5 Å². The lowest BCUT2D eigenvalue weighted by Crippen LogP contribution is -2.48. The number of hydrogen-bond acceptors (Lipinski definition) is 4. The molecule has 1 rings (SSSR count). The van der Waals surface area contributed by atoms with Gasteiger partial charge in [0.05, 0.1) is 0 Å². The molecular formula is C12H16ClNO4. The SMILES string of the molecule is C=C1O[C@@H](N(/C=C\C(C)=O)C(C)=O)[C@](C)(Cl)[C@@H]1O. The van der Waals surface area contributed by atoms with Gasteiger partial charge in [-0.25, -0.2) is 0 Å². The van der Waals surface area contributed by atoms with Crippen molar-refractivity contribution in [3.05, 3.63) is 24.6 Å². The van der Waals surface area contributed by atoms with Crippen LogP contribution in [0.15, 0.2) is 24.6 Å². The number of aliphatic hydroxyl groups excluding tert-OH is 1. The van der Waals surface area contributed by atoms with E-state index in [4.69, 9.17) is 16.3 Å². The van der Waals surface area contributed by atoms with Gasteiger partial charge in [0, 0.05) is 13.1 Å². The number of nitrogens with zero attached hydrogens (tertiary/aromatic N) is 1. The van der Waals surface area contributed by atoms with Crippen molar-refractivity contribution in [3.63, 3.8) is 0 Å². The number of ketones is 1. The fourth-order valence-corrected chi connectivity index (χ4v) is 1.91. The van der Waals surface area contributed by atoms with Gasteiger partial charge in [0.25, 0.3) is 0 Å². The molecular weight excluding hydrogens is 258 g/mol. The molecule has 3 atom stereocenters. The van der Waals surface area contributed by atoms with Gasteiger partial charge in [0.2, 0.25) is 5.91 Å². The van der Waals surface area contributed by atoms with E-state index in [2.05, 4.69) is 6.58 Å². The van der Waals surface area contributed by atoms with E-state index in [0.717, 1.165) is 4.90 Å². The van der Waals surface area contributed by atoms with E-state index in [1.54, 1.807) is 6.92 Å². The number of allylic oxidation sites excluding steroid dienone is 1. The zero-order valence-electron chi connectivity index (χ0n) is 10.5. The molecule has 18 heavy (non-hydrogen) atoms. The summed E-state index contributed by atoms with van der Waals surface area (Å²) < 4.78 is 5.31. The highest BCUT2D eigenvalue weighted by molar-refractivity contribution is 6.25. The Labute approximate surface area is 111 Å². The Balaban J connectivity index is 3.05. The fourth-order valence-electron chi connectivity index (χ4n) is 1.64. The van der Waals surface area contributed by atoms with E-state index in [-0.39, 0.29) is 17.4 Å². The molecule has 100 valence electrons. The monoisotopic (exact) mass is 273 g/mol. The van der Waals surface area contributed by atoms with E-state index in [1.165, 1.54) is 26.1 Å². The van der Waals surface area contributed by atoms with Gasteiger partial charge >= 0.3 is 0 Å². The predicted octanol–water partition coefficient (Wildman–Crippen LogP) is 1.17. The second-order valence-electron chi connectivity index (χ2n) is 4.34. The Morgan fingerprint density at radius 3 is 2.44 bits per heavy atom. The van der Waals surface area contributed by atoms with Crippen molar-refractivity contribution in [1.29, 1.82) is 0 Å². The van der Waals surface area contributed by atoms with Crippen molar-refractivity contribution in [2.75, 3.05) is 0 Å². The molecule has 6 heteroatoms. The smallest absolute Gasteiger partial charge is 0.226 e. The Morgan fingerprint density at radius 2 is 2.11 bits per heavy atom. The molecule has 5 nitrogen and oxygen atoms in total. The molecule has 1 N–H and O–H groups in total. The van der Waals surface area contributed by atoms with Crippen molar-refractivity contribution in [2.24, 2.45) is 0 Å². The predicted molar refractivity (Wildman–Crippen MR) is 66.6 cm³/mol. The minimum Gasteiger partial charge on any atom is -0.470 e. The van der Waals surface area contributed by atoms with Crippen molar-refractivity contribution in [2.45, 2.75) is 38.0 Å². The average molecular weight is 274 g/mol. The number of ether oxygens (including phenoxy) is 1. The summed E-state index contributed by atoms with van der Waals surface area (Å²) in [6, 6.07) is 0. The Kier molecular flexibility index (Phi) is 4.19. The molecule has 1 saturated heterocycles. The van der Waals surface area contributed by atoms with Gasteiger partial charge in [-0.2, -0.15) is 0 Å². The molecule has 0 aromatic carbocycles. The van der Waals surface area contributed by atoms with Crippen molar-refractivity contribution in [1.82, 2.24) is 4.90 Å². The van der Waals surface area contributed by atoms with Crippen LogP contribution in [-0.2, 0) is 14.3 Å². The second-order valence-corrected chi connectivity index (χ2v) is 5.16. The maximum absolute atomic E-state index is 11.6. The van der Waals surface area contributed by atoms with Crippen LogP contribution < -0.4 is 0 Å². The molecule has 0 aliphatic carbocycles. The molecule has 1 aliphatic rings. The van der Waals surface area contributed by atoms with E-state index >= 15 is 0 Å². The highest BCUT2D eigenvalue weighted by atomic mass is 35.5. The number of carbonyl (C=O) groups is 2. The highest BCUT2D eigenvalue weighted by Gasteiger charge is 2.52. The first-order valence-corrected chi connectivity index (χ1v) is 5.75. The number of halogens is 1. The van der Waals surface area contributed by atoms with Crippen LogP contribution in [0.2, 0.25) is 0 Å². The number of amides is 1. The Hall–Kier alpha value is -1.33. The standard InChI is InChI=1S/C12H16ClNO4/c1-7(15)5-6-14(9(3)16)11-12(4,13)10(17)8(2)18-11/h5-6,10-11,17H,2H2,1,3-4H3/b6-5-/t10-,11-,12-/m1/s1. The first-order valence-electron chi connectivity index (χ1n) is 5.38. The first-order chi connectivity index (χ1) is 8.17. The normalized spacial score (nSPS) is 31.5. The maximum Gasteiger partial charge on any atom is 0.226 e. The van der Waals surface area contributed by atoms with Gasteiger partial charge in [0.15, 0.2) is 12.0 Å². The van der Waals surface area contributed by atoms with Crippen molar-refractivity contribution in [3.8, 4) is 0 Å². The summed E-state index contributed by atoms with van der Waals surface area (Å²) in [5.74, 6) is -0.471. The molecule has 1 fully saturated rings. The summed E-state index contributed by atoms with van der Waals surface area (Å²) in [7, 11) is 0. The molecule has 1 heterocycles. The summed E-state index contributed by atoms with van der Waals surface area (Å²) in [4.78, 5) is 22.4. The van der Waals surface area contributed by atoms with Gasteiger partial charge in [-0.1, -0.05) is 6.58 Å². The van der Waals surface area contributed by atoms with Gasteiger partial charge in [0.1, 0.15) is 16.7 Å². The molecule has 1 amide bonds. The molecule has 0 radical (unpaired) electrons. The lowest BCUT2D eigenvalue weighted by atomic mass is 10.0. The van der Waals surface area contributed by atoms with E-state index in [1.807, 2.05) is 0 Å².